The molecule has 0 radical (unpaired) electrons. The number of carbonyl (C=O) groups is 1. The summed E-state index contributed by atoms with van der Waals surface area (Å²) in [6.45, 7) is 8.93. The van der Waals surface area contributed by atoms with Crippen molar-refractivity contribution in [1.82, 2.24) is 0 Å². The molecular weight excluding hydrogens is 244 g/mol. The molecule has 0 aromatic heterocycles. The topological polar surface area (TPSA) is 17.1 Å². The van der Waals surface area contributed by atoms with E-state index in [9.17, 15) is 4.79 Å². The molecule has 0 heterocycles. The molecule has 1 heteroatoms. The first-order valence-corrected chi connectivity index (χ1v) is 7.13. The molecule has 0 atom stereocenters. The lowest BCUT2D eigenvalue weighted by Crippen LogP contribution is -2.24. The Kier molecular flexibility index (Phi) is 4.08. The van der Waals surface area contributed by atoms with E-state index < -0.39 is 0 Å². The Bertz CT molecular complexity index is 577. The molecule has 2 aromatic rings. The quantitative estimate of drug-likeness (QED) is 0.723. The van der Waals surface area contributed by atoms with Crippen LogP contribution in [0.15, 0.2) is 54.6 Å². The van der Waals surface area contributed by atoms with Gasteiger partial charge in [-0.05, 0) is 16.9 Å². The van der Waals surface area contributed by atoms with Crippen LogP contribution in [-0.4, -0.2) is 5.78 Å². The normalized spacial score (nSPS) is 11.7. The molecule has 0 aliphatic heterocycles. The zero-order valence-electron chi connectivity index (χ0n) is 12.7. The van der Waals surface area contributed by atoms with E-state index in [-0.39, 0.29) is 11.2 Å². The van der Waals surface area contributed by atoms with E-state index in [4.69, 9.17) is 0 Å². The fourth-order valence-electron chi connectivity index (χ4n) is 2.14. The summed E-state index contributed by atoms with van der Waals surface area (Å²) in [5, 5.41) is 0. The summed E-state index contributed by atoms with van der Waals surface area (Å²) in [4.78, 5) is 12.3. The summed E-state index contributed by atoms with van der Waals surface area (Å²) in [7, 11) is 0. The fraction of sp³-hybridized carbons (Fsp3) is 0.316. The van der Waals surface area contributed by atoms with Gasteiger partial charge in [-0.25, -0.2) is 0 Å². The highest BCUT2D eigenvalue weighted by molar-refractivity contribution is 6.08. The van der Waals surface area contributed by atoms with Gasteiger partial charge in [-0.1, -0.05) is 82.3 Å². The van der Waals surface area contributed by atoms with E-state index in [2.05, 4.69) is 39.8 Å². The van der Waals surface area contributed by atoms with Crippen molar-refractivity contribution in [3.63, 3.8) is 0 Å². The van der Waals surface area contributed by atoms with Crippen molar-refractivity contribution in [2.24, 2.45) is 5.92 Å². The molecule has 0 saturated heterocycles. The Morgan fingerprint density at radius 1 is 0.850 bits per heavy atom. The van der Waals surface area contributed by atoms with Crippen molar-refractivity contribution in [3.8, 4) is 0 Å². The molecule has 0 unspecified atom stereocenters. The molecule has 0 bridgehead atoms. The third-order valence-corrected chi connectivity index (χ3v) is 4.37. The van der Waals surface area contributed by atoms with Gasteiger partial charge in [-0.15, -0.1) is 0 Å². The van der Waals surface area contributed by atoms with Crippen molar-refractivity contribution in [2.75, 3.05) is 0 Å². The van der Waals surface area contributed by atoms with E-state index in [1.54, 1.807) is 0 Å². The number of hydrogen-bond donors (Lipinski definition) is 0. The number of ketones is 1. The largest absolute Gasteiger partial charge is 0.289 e. The van der Waals surface area contributed by atoms with Crippen LogP contribution in [0.5, 0.6) is 0 Å². The first-order chi connectivity index (χ1) is 9.43. The zero-order valence-corrected chi connectivity index (χ0v) is 12.7. The van der Waals surface area contributed by atoms with Gasteiger partial charge in [0.2, 0.25) is 0 Å². The van der Waals surface area contributed by atoms with Crippen LogP contribution in [0.4, 0.5) is 0 Å². The minimum atomic E-state index is 0.0829. The van der Waals surface area contributed by atoms with Crippen LogP contribution in [-0.2, 0) is 5.41 Å². The predicted octanol–water partition coefficient (Wildman–Crippen LogP) is 4.85. The van der Waals surface area contributed by atoms with Gasteiger partial charge in [0, 0.05) is 11.1 Å². The Balaban J connectivity index is 2.27. The zero-order chi connectivity index (χ0) is 14.8. The molecule has 0 spiro atoms. The predicted molar refractivity (Wildman–Crippen MR) is 84.2 cm³/mol. The third kappa shape index (κ3) is 2.82. The van der Waals surface area contributed by atoms with E-state index in [1.807, 2.05) is 42.5 Å². The van der Waals surface area contributed by atoms with Gasteiger partial charge >= 0.3 is 0 Å². The molecule has 2 aromatic carbocycles. The Morgan fingerprint density at radius 2 is 1.35 bits per heavy atom. The van der Waals surface area contributed by atoms with E-state index in [0.29, 0.717) is 5.92 Å². The second kappa shape index (κ2) is 5.62. The number of rotatable bonds is 4. The van der Waals surface area contributed by atoms with E-state index in [0.717, 1.165) is 11.1 Å². The molecule has 0 amide bonds. The minimum Gasteiger partial charge on any atom is -0.289 e. The molecule has 0 saturated carbocycles. The molecule has 0 fully saturated rings. The molecule has 1 nitrogen and oxygen atoms in total. The summed E-state index contributed by atoms with van der Waals surface area (Å²) in [6, 6.07) is 17.5. The maximum Gasteiger partial charge on any atom is 0.193 e. The number of carbonyl (C=O) groups excluding carboxylic acids is 1. The van der Waals surface area contributed by atoms with Crippen LogP contribution in [0.2, 0.25) is 0 Å². The number of benzene rings is 2. The molecule has 2 rings (SSSR count). The van der Waals surface area contributed by atoms with Gasteiger partial charge in [0.25, 0.3) is 0 Å². The third-order valence-electron chi connectivity index (χ3n) is 4.37. The molecule has 104 valence electrons. The second-order valence-electron chi connectivity index (χ2n) is 6.15. The summed E-state index contributed by atoms with van der Waals surface area (Å²) in [6.07, 6.45) is 0. The van der Waals surface area contributed by atoms with Crippen molar-refractivity contribution in [2.45, 2.75) is 33.1 Å². The molecule has 0 aliphatic rings. The van der Waals surface area contributed by atoms with E-state index >= 15 is 0 Å². The lowest BCUT2D eigenvalue weighted by molar-refractivity contribution is 0.103. The van der Waals surface area contributed by atoms with Crippen LogP contribution >= 0.6 is 0 Å². The fourth-order valence-corrected chi connectivity index (χ4v) is 2.14. The van der Waals surface area contributed by atoms with E-state index in [1.165, 1.54) is 5.56 Å². The molecule has 0 aliphatic carbocycles. The van der Waals surface area contributed by atoms with Crippen LogP contribution in [0, 0.1) is 5.92 Å². The van der Waals surface area contributed by atoms with Crippen molar-refractivity contribution in [1.29, 1.82) is 0 Å². The van der Waals surface area contributed by atoms with Gasteiger partial charge in [0.1, 0.15) is 0 Å². The lowest BCUT2D eigenvalue weighted by atomic mass is 9.75. The van der Waals surface area contributed by atoms with Gasteiger partial charge in [0.15, 0.2) is 5.78 Å². The van der Waals surface area contributed by atoms with Gasteiger partial charge in [0.05, 0.1) is 0 Å². The minimum absolute atomic E-state index is 0.0829. The highest BCUT2D eigenvalue weighted by Gasteiger charge is 2.24. The smallest absolute Gasteiger partial charge is 0.193 e. The monoisotopic (exact) mass is 266 g/mol. The van der Waals surface area contributed by atoms with Crippen LogP contribution in [0.3, 0.4) is 0 Å². The molecule has 0 N–H and O–H groups in total. The summed E-state index contributed by atoms with van der Waals surface area (Å²) < 4.78 is 0. The van der Waals surface area contributed by atoms with Crippen molar-refractivity contribution < 1.29 is 4.79 Å². The van der Waals surface area contributed by atoms with Crippen LogP contribution < -0.4 is 0 Å². The highest BCUT2D eigenvalue weighted by Crippen LogP contribution is 2.31. The average Bonchev–Trinajstić information content (AvgIpc) is 2.47. The first-order valence-electron chi connectivity index (χ1n) is 7.13. The van der Waals surface area contributed by atoms with Crippen molar-refractivity contribution in [3.05, 3.63) is 71.3 Å². The SMILES string of the molecule is CC(C)C(C)(C)c1ccc(C(=O)c2ccccc2)cc1. The summed E-state index contributed by atoms with van der Waals surface area (Å²) >= 11 is 0. The van der Waals surface area contributed by atoms with Gasteiger partial charge in [-0.3, -0.25) is 4.79 Å². The maximum absolute atomic E-state index is 12.3. The van der Waals surface area contributed by atoms with Gasteiger partial charge < -0.3 is 0 Å². The van der Waals surface area contributed by atoms with Crippen molar-refractivity contribution >= 4 is 5.78 Å². The number of hydrogen-bond acceptors (Lipinski definition) is 1. The molecule has 20 heavy (non-hydrogen) atoms. The van der Waals surface area contributed by atoms with Crippen LogP contribution in [0.25, 0.3) is 0 Å². The lowest BCUT2D eigenvalue weighted by Gasteiger charge is -2.30. The maximum atomic E-state index is 12.3. The molecular formula is C19H22O. The first kappa shape index (κ1) is 14.5. The Hall–Kier alpha value is -1.89. The Labute approximate surface area is 121 Å². The standard InChI is InChI=1S/C19H22O/c1-14(2)19(3,4)17-12-10-16(11-13-17)18(20)15-8-6-5-7-9-15/h5-14H,1-4H3. The van der Waals surface area contributed by atoms with Gasteiger partial charge in [-0.2, -0.15) is 0 Å². The average molecular weight is 266 g/mol. The highest BCUT2D eigenvalue weighted by atomic mass is 16.1. The van der Waals surface area contributed by atoms with Crippen LogP contribution in [0.1, 0.15) is 49.2 Å². The Morgan fingerprint density at radius 3 is 1.85 bits per heavy atom. The summed E-state index contributed by atoms with van der Waals surface area (Å²) in [5.74, 6) is 0.637. The second-order valence-corrected chi connectivity index (χ2v) is 6.15. The summed E-state index contributed by atoms with van der Waals surface area (Å²) in [5.41, 5.74) is 2.88.